The van der Waals surface area contributed by atoms with Crippen LogP contribution in [0.2, 0.25) is 45.8 Å². The second kappa shape index (κ2) is 5.32. The van der Waals surface area contributed by atoms with Crippen molar-refractivity contribution >= 4 is 34.5 Å². The molecule has 0 aromatic carbocycles. The molecule has 104 valence electrons. The Morgan fingerprint density at radius 2 is 0.941 bits per heavy atom. The van der Waals surface area contributed by atoms with Crippen molar-refractivity contribution in [3.63, 3.8) is 0 Å². The van der Waals surface area contributed by atoms with Gasteiger partial charge in [-0.1, -0.05) is 0 Å². The highest BCUT2D eigenvalue weighted by Gasteiger charge is 2.45. The van der Waals surface area contributed by atoms with Crippen LogP contribution < -0.4 is 0 Å². The van der Waals surface area contributed by atoms with Gasteiger partial charge in [0.25, 0.3) is 0 Å². The van der Waals surface area contributed by atoms with Crippen molar-refractivity contribution in [2.24, 2.45) is 0 Å². The highest BCUT2D eigenvalue weighted by molar-refractivity contribution is 6.85. The van der Waals surface area contributed by atoms with Crippen LogP contribution in [0.25, 0.3) is 0 Å². The van der Waals surface area contributed by atoms with E-state index in [9.17, 15) is 14.4 Å². The van der Waals surface area contributed by atoms with Crippen LogP contribution in [0.15, 0.2) is 0 Å². The SMILES string of the molecule is C[Si](C)(O)O[Si](C)(C)O[Si](C)(O)O[Si](C)(C)O. The summed E-state index contributed by atoms with van der Waals surface area (Å²) < 4.78 is 16.3. The third-order valence-electron chi connectivity index (χ3n) is 1.37. The van der Waals surface area contributed by atoms with Crippen molar-refractivity contribution in [3.05, 3.63) is 0 Å². The van der Waals surface area contributed by atoms with Crippen molar-refractivity contribution in [2.45, 2.75) is 45.8 Å². The molecule has 0 aromatic heterocycles. The topological polar surface area (TPSA) is 88.4 Å². The van der Waals surface area contributed by atoms with Gasteiger partial charge >= 0.3 is 34.5 Å². The molecule has 1 atom stereocenters. The maximum atomic E-state index is 10.0. The maximum Gasteiger partial charge on any atom is 0.477 e. The monoisotopic (exact) mass is 316 g/mol. The first-order valence-corrected chi connectivity index (χ1v) is 16.2. The predicted octanol–water partition coefficient (Wildman–Crippen LogP) is 0.687. The summed E-state index contributed by atoms with van der Waals surface area (Å²) in [6, 6.07) is 0. The molecule has 0 aliphatic heterocycles. The number of hydrogen-bond donors (Lipinski definition) is 3. The van der Waals surface area contributed by atoms with E-state index in [1.807, 2.05) is 0 Å². The number of rotatable bonds is 6. The molecule has 0 aliphatic carbocycles. The summed E-state index contributed by atoms with van der Waals surface area (Å²) in [5, 5.41) is 0. The van der Waals surface area contributed by atoms with Gasteiger partial charge in [-0.25, -0.2) is 0 Å². The van der Waals surface area contributed by atoms with Gasteiger partial charge in [0.05, 0.1) is 0 Å². The molecule has 0 saturated heterocycles. The summed E-state index contributed by atoms with van der Waals surface area (Å²) >= 11 is 0. The lowest BCUT2D eigenvalue weighted by molar-refractivity contribution is 0.202. The Bertz CT molecular complexity index is 230. The Hall–Kier alpha value is 0.628. The van der Waals surface area contributed by atoms with E-state index in [-0.39, 0.29) is 0 Å². The first-order valence-electron chi connectivity index (χ1n) is 5.40. The Morgan fingerprint density at radius 3 is 1.24 bits per heavy atom. The van der Waals surface area contributed by atoms with Gasteiger partial charge in [-0.15, -0.1) is 0 Å². The summed E-state index contributed by atoms with van der Waals surface area (Å²) in [6.45, 7) is 11.3. The first kappa shape index (κ1) is 17.6. The molecule has 0 amide bonds. The van der Waals surface area contributed by atoms with Crippen LogP contribution in [-0.4, -0.2) is 48.9 Å². The van der Waals surface area contributed by atoms with Crippen LogP contribution >= 0.6 is 0 Å². The van der Waals surface area contributed by atoms with Crippen LogP contribution in [0, 0.1) is 0 Å². The molecule has 3 N–H and O–H groups in total. The molecule has 0 radical (unpaired) electrons. The standard InChI is InChI=1S/C7H24O6Si4/c1-14(2,8)11-16(5,6)13-17(7,10)12-15(3,4)9/h8-10H,1-7H3. The second-order valence-corrected chi connectivity index (χ2v) is 18.3. The molecular formula is C7H24O6Si4. The molecule has 1 unspecified atom stereocenters. The van der Waals surface area contributed by atoms with Crippen LogP contribution in [0.4, 0.5) is 0 Å². The molecule has 6 nitrogen and oxygen atoms in total. The van der Waals surface area contributed by atoms with Gasteiger partial charge in [0.15, 0.2) is 0 Å². The van der Waals surface area contributed by atoms with Gasteiger partial charge in [-0.2, -0.15) is 0 Å². The average molecular weight is 317 g/mol. The molecule has 0 spiro atoms. The zero-order chi connectivity index (χ0) is 14.1. The normalized spacial score (nSPS) is 18.0. The molecule has 0 aromatic rings. The highest BCUT2D eigenvalue weighted by Crippen LogP contribution is 2.20. The fourth-order valence-electron chi connectivity index (χ4n) is 1.56. The molecular weight excluding hydrogens is 292 g/mol. The Balaban J connectivity index is 4.59. The Labute approximate surface area is 107 Å². The molecule has 10 heteroatoms. The molecule has 0 saturated carbocycles. The third kappa shape index (κ3) is 10.3. The van der Waals surface area contributed by atoms with Gasteiger partial charge in [0, 0.05) is 6.55 Å². The summed E-state index contributed by atoms with van der Waals surface area (Å²) in [6.07, 6.45) is 0. The average Bonchev–Trinajstić information content (AvgIpc) is 1.65. The molecule has 0 aliphatic rings. The molecule has 0 fully saturated rings. The molecule has 0 rings (SSSR count). The van der Waals surface area contributed by atoms with Crippen molar-refractivity contribution in [1.29, 1.82) is 0 Å². The van der Waals surface area contributed by atoms with Crippen LogP contribution in [0.5, 0.6) is 0 Å². The van der Waals surface area contributed by atoms with Gasteiger partial charge < -0.3 is 26.7 Å². The fourth-order valence-corrected chi connectivity index (χ4v) is 14.8. The lowest BCUT2D eigenvalue weighted by atomic mass is 11.9. The largest absolute Gasteiger partial charge is 0.477 e. The Morgan fingerprint density at radius 1 is 0.588 bits per heavy atom. The zero-order valence-electron chi connectivity index (χ0n) is 11.6. The van der Waals surface area contributed by atoms with Gasteiger partial charge in [-0.3, -0.25) is 0 Å². The third-order valence-corrected chi connectivity index (χ3v) is 12.3. The fraction of sp³-hybridized carbons (Fsp3) is 1.00. The van der Waals surface area contributed by atoms with E-state index in [0.717, 1.165) is 0 Å². The minimum Gasteiger partial charge on any atom is -0.415 e. The van der Waals surface area contributed by atoms with Crippen molar-refractivity contribution in [2.75, 3.05) is 0 Å². The summed E-state index contributed by atoms with van der Waals surface area (Å²) in [4.78, 5) is 29.4. The van der Waals surface area contributed by atoms with E-state index in [2.05, 4.69) is 0 Å². The lowest BCUT2D eigenvalue weighted by Gasteiger charge is -2.36. The molecule has 0 bridgehead atoms. The van der Waals surface area contributed by atoms with E-state index in [1.54, 1.807) is 39.3 Å². The minimum absolute atomic E-state index is 1.45. The maximum absolute atomic E-state index is 10.0. The zero-order valence-corrected chi connectivity index (χ0v) is 15.6. The smallest absolute Gasteiger partial charge is 0.415 e. The van der Waals surface area contributed by atoms with Gasteiger partial charge in [-0.05, 0) is 39.3 Å². The first-order chi connectivity index (χ1) is 7.12. The minimum atomic E-state index is -3.41. The van der Waals surface area contributed by atoms with Crippen LogP contribution in [0.3, 0.4) is 0 Å². The van der Waals surface area contributed by atoms with Crippen molar-refractivity contribution in [3.8, 4) is 0 Å². The summed E-state index contributed by atoms with van der Waals surface area (Å²) in [7, 11) is -11.6. The van der Waals surface area contributed by atoms with Crippen molar-refractivity contribution < 1.29 is 26.7 Å². The lowest BCUT2D eigenvalue weighted by Crippen LogP contribution is -2.58. The second-order valence-electron chi connectivity index (χ2n) is 5.50. The highest BCUT2D eigenvalue weighted by atomic mass is 28.5. The molecule has 0 heterocycles. The summed E-state index contributed by atoms with van der Waals surface area (Å²) in [5.74, 6) is 0. The van der Waals surface area contributed by atoms with Gasteiger partial charge in [0.1, 0.15) is 0 Å². The Kier molecular flexibility index (Phi) is 5.52. The van der Waals surface area contributed by atoms with E-state index in [4.69, 9.17) is 12.3 Å². The van der Waals surface area contributed by atoms with Gasteiger partial charge in [0.2, 0.25) is 0 Å². The van der Waals surface area contributed by atoms with E-state index in [1.165, 1.54) is 6.55 Å². The predicted molar refractivity (Wildman–Crippen MR) is 74.0 cm³/mol. The summed E-state index contributed by atoms with van der Waals surface area (Å²) in [5.41, 5.74) is 0. The van der Waals surface area contributed by atoms with Crippen LogP contribution in [-0.2, 0) is 12.3 Å². The quantitative estimate of drug-likeness (QED) is 0.625. The van der Waals surface area contributed by atoms with E-state index in [0.29, 0.717) is 0 Å². The van der Waals surface area contributed by atoms with Crippen molar-refractivity contribution in [1.82, 2.24) is 0 Å². The van der Waals surface area contributed by atoms with E-state index < -0.39 is 34.5 Å². The molecule has 17 heavy (non-hydrogen) atoms. The number of hydrogen-bond acceptors (Lipinski definition) is 6. The van der Waals surface area contributed by atoms with E-state index >= 15 is 0 Å². The van der Waals surface area contributed by atoms with Crippen LogP contribution in [0.1, 0.15) is 0 Å².